The van der Waals surface area contributed by atoms with Crippen molar-refractivity contribution in [3.8, 4) is 0 Å². The Balaban J connectivity index is 2.31. The molecule has 0 fully saturated rings. The van der Waals surface area contributed by atoms with Crippen molar-refractivity contribution in [2.24, 2.45) is 0 Å². The Morgan fingerprint density at radius 3 is 2.38 bits per heavy atom. The van der Waals surface area contributed by atoms with Gasteiger partial charge in [0.1, 0.15) is 0 Å². The van der Waals surface area contributed by atoms with Crippen molar-refractivity contribution in [1.29, 1.82) is 0 Å². The normalized spacial score (nSPS) is 13.9. The Labute approximate surface area is 136 Å². The summed E-state index contributed by atoms with van der Waals surface area (Å²) in [5.41, 5.74) is 2.41. The predicted octanol–water partition coefficient (Wildman–Crippen LogP) is 5.23. The summed E-state index contributed by atoms with van der Waals surface area (Å²) in [6.07, 6.45) is 4.75. The van der Waals surface area contributed by atoms with Crippen molar-refractivity contribution < 1.29 is 0 Å². The molecular formula is C17H20Cl2N2. The number of benzene rings is 1. The molecule has 21 heavy (non-hydrogen) atoms. The van der Waals surface area contributed by atoms with Crippen LogP contribution >= 0.6 is 23.2 Å². The van der Waals surface area contributed by atoms with Gasteiger partial charge in [-0.2, -0.15) is 0 Å². The maximum absolute atomic E-state index is 6.17. The third kappa shape index (κ3) is 4.19. The molecule has 112 valence electrons. The van der Waals surface area contributed by atoms with Gasteiger partial charge in [0.25, 0.3) is 0 Å². The van der Waals surface area contributed by atoms with Gasteiger partial charge >= 0.3 is 0 Å². The molecule has 0 saturated carbocycles. The number of hydrogen-bond donors (Lipinski definition) is 1. The van der Waals surface area contributed by atoms with Crippen LogP contribution in [0.2, 0.25) is 10.0 Å². The Morgan fingerprint density at radius 2 is 1.76 bits per heavy atom. The largest absolute Gasteiger partial charge is 0.309 e. The van der Waals surface area contributed by atoms with Gasteiger partial charge in [0.15, 0.2) is 0 Å². The van der Waals surface area contributed by atoms with Crippen molar-refractivity contribution in [2.45, 2.75) is 32.2 Å². The molecule has 1 aromatic heterocycles. The van der Waals surface area contributed by atoms with E-state index in [2.05, 4.69) is 36.3 Å². The van der Waals surface area contributed by atoms with E-state index in [1.54, 1.807) is 0 Å². The van der Waals surface area contributed by atoms with Gasteiger partial charge in [0, 0.05) is 24.4 Å². The number of halogens is 2. The lowest BCUT2D eigenvalue weighted by molar-refractivity contribution is 0.466. The van der Waals surface area contributed by atoms with Crippen LogP contribution in [0.15, 0.2) is 42.7 Å². The molecule has 1 heterocycles. The highest BCUT2D eigenvalue weighted by atomic mass is 35.5. The van der Waals surface area contributed by atoms with Gasteiger partial charge in [-0.3, -0.25) is 4.98 Å². The number of nitrogens with one attached hydrogen (secondary N) is 1. The molecule has 0 aliphatic rings. The summed E-state index contributed by atoms with van der Waals surface area (Å²) >= 11 is 12.2. The predicted molar refractivity (Wildman–Crippen MR) is 90.1 cm³/mol. The van der Waals surface area contributed by atoms with Crippen LogP contribution < -0.4 is 5.32 Å². The summed E-state index contributed by atoms with van der Waals surface area (Å²) in [6, 6.07) is 10.2. The molecule has 0 aliphatic heterocycles. The van der Waals surface area contributed by atoms with E-state index in [-0.39, 0.29) is 6.04 Å². The summed E-state index contributed by atoms with van der Waals surface area (Å²) in [5, 5.41) is 4.79. The van der Waals surface area contributed by atoms with E-state index in [9.17, 15) is 0 Å². The Hall–Kier alpha value is -1.09. The molecule has 0 radical (unpaired) electrons. The minimum atomic E-state index is 0.196. The van der Waals surface area contributed by atoms with Gasteiger partial charge in [0.05, 0.1) is 10.0 Å². The van der Waals surface area contributed by atoms with E-state index >= 15 is 0 Å². The molecule has 2 rings (SSSR count). The molecule has 2 unspecified atom stereocenters. The van der Waals surface area contributed by atoms with Crippen molar-refractivity contribution in [1.82, 2.24) is 10.3 Å². The third-order valence-corrected chi connectivity index (χ3v) is 4.39. The number of hydrogen-bond acceptors (Lipinski definition) is 2. The van der Waals surface area contributed by atoms with Crippen LogP contribution in [-0.2, 0) is 0 Å². The molecule has 1 N–H and O–H groups in total. The van der Waals surface area contributed by atoms with E-state index in [1.807, 2.05) is 30.6 Å². The highest BCUT2D eigenvalue weighted by Crippen LogP contribution is 2.33. The lowest BCUT2D eigenvalue weighted by atomic mass is 9.89. The first kappa shape index (κ1) is 16.3. The second kappa shape index (κ2) is 7.79. The van der Waals surface area contributed by atoms with Gasteiger partial charge in [-0.1, -0.05) is 43.1 Å². The molecule has 2 aromatic rings. The summed E-state index contributed by atoms with van der Waals surface area (Å²) < 4.78 is 0. The van der Waals surface area contributed by atoms with E-state index in [1.165, 1.54) is 5.56 Å². The fraction of sp³-hybridized carbons (Fsp3) is 0.353. The summed E-state index contributed by atoms with van der Waals surface area (Å²) in [6.45, 7) is 5.33. The molecule has 2 nitrogen and oxygen atoms in total. The van der Waals surface area contributed by atoms with E-state index in [0.717, 1.165) is 18.5 Å². The van der Waals surface area contributed by atoms with Crippen LogP contribution in [0.5, 0.6) is 0 Å². The summed E-state index contributed by atoms with van der Waals surface area (Å²) in [5.74, 6) is 0.316. The van der Waals surface area contributed by atoms with Crippen LogP contribution in [-0.4, -0.2) is 11.5 Å². The fourth-order valence-electron chi connectivity index (χ4n) is 2.45. The quantitative estimate of drug-likeness (QED) is 0.787. The van der Waals surface area contributed by atoms with Crippen LogP contribution in [0, 0.1) is 0 Å². The Bertz CT molecular complexity index is 572. The van der Waals surface area contributed by atoms with E-state index in [0.29, 0.717) is 16.0 Å². The topological polar surface area (TPSA) is 24.9 Å². The van der Waals surface area contributed by atoms with Gasteiger partial charge in [-0.15, -0.1) is 0 Å². The molecule has 0 aliphatic carbocycles. The minimum absolute atomic E-state index is 0.196. The van der Waals surface area contributed by atoms with Crippen LogP contribution in [0.4, 0.5) is 0 Å². The van der Waals surface area contributed by atoms with Gasteiger partial charge in [-0.25, -0.2) is 0 Å². The van der Waals surface area contributed by atoms with Crippen LogP contribution in [0.3, 0.4) is 0 Å². The monoisotopic (exact) mass is 322 g/mol. The zero-order valence-corrected chi connectivity index (χ0v) is 13.8. The molecular weight excluding hydrogens is 303 g/mol. The van der Waals surface area contributed by atoms with Crippen molar-refractivity contribution >= 4 is 23.2 Å². The zero-order chi connectivity index (χ0) is 15.2. The number of nitrogens with zero attached hydrogens (tertiary/aromatic N) is 1. The smallest absolute Gasteiger partial charge is 0.0595 e. The maximum Gasteiger partial charge on any atom is 0.0595 e. The number of rotatable bonds is 6. The standard InChI is InChI=1S/C17H20Cl2N2/c1-3-8-21-17(12(2)13-6-9-20-10-7-13)14-4-5-15(18)16(19)11-14/h4-7,9-12,17,21H,3,8H2,1-2H3. The lowest BCUT2D eigenvalue weighted by Gasteiger charge is -2.26. The van der Waals surface area contributed by atoms with E-state index < -0.39 is 0 Å². The molecule has 0 bridgehead atoms. The molecule has 0 saturated heterocycles. The first-order valence-corrected chi connectivity index (χ1v) is 7.97. The van der Waals surface area contributed by atoms with Gasteiger partial charge < -0.3 is 5.32 Å². The summed E-state index contributed by atoms with van der Waals surface area (Å²) in [4.78, 5) is 4.09. The van der Waals surface area contributed by atoms with Gasteiger partial charge in [0.2, 0.25) is 0 Å². The lowest BCUT2D eigenvalue weighted by Crippen LogP contribution is -2.26. The maximum atomic E-state index is 6.17. The second-order valence-electron chi connectivity index (χ2n) is 5.17. The molecule has 4 heteroatoms. The zero-order valence-electron chi connectivity index (χ0n) is 12.3. The average Bonchev–Trinajstić information content (AvgIpc) is 2.51. The van der Waals surface area contributed by atoms with E-state index in [4.69, 9.17) is 23.2 Å². The third-order valence-electron chi connectivity index (χ3n) is 3.65. The minimum Gasteiger partial charge on any atom is -0.309 e. The highest BCUT2D eigenvalue weighted by molar-refractivity contribution is 6.42. The molecule has 2 atom stereocenters. The highest BCUT2D eigenvalue weighted by Gasteiger charge is 2.20. The number of aromatic nitrogens is 1. The Morgan fingerprint density at radius 1 is 1.05 bits per heavy atom. The van der Waals surface area contributed by atoms with Gasteiger partial charge in [-0.05, 0) is 48.4 Å². The molecule has 0 amide bonds. The summed E-state index contributed by atoms with van der Waals surface area (Å²) in [7, 11) is 0. The van der Waals surface area contributed by atoms with Crippen LogP contribution in [0.1, 0.15) is 43.4 Å². The average molecular weight is 323 g/mol. The molecule has 1 aromatic carbocycles. The van der Waals surface area contributed by atoms with Crippen LogP contribution in [0.25, 0.3) is 0 Å². The SMILES string of the molecule is CCCNC(c1ccc(Cl)c(Cl)c1)C(C)c1ccncc1. The first-order valence-electron chi connectivity index (χ1n) is 7.21. The first-order chi connectivity index (χ1) is 10.1. The second-order valence-corrected chi connectivity index (χ2v) is 5.99. The van der Waals surface area contributed by atoms with Crippen molar-refractivity contribution in [2.75, 3.05) is 6.54 Å². The molecule has 0 spiro atoms. The fourth-order valence-corrected chi connectivity index (χ4v) is 2.75. The van der Waals surface area contributed by atoms with Crippen molar-refractivity contribution in [3.63, 3.8) is 0 Å². The van der Waals surface area contributed by atoms with Crippen molar-refractivity contribution in [3.05, 3.63) is 63.9 Å². The number of pyridine rings is 1. The Kier molecular flexibility index (Phi) is 6.04.